The Morgan fingerprint density at radius 1 is 0.756 bits per heavy atom. The predicted octanol–water partition coefficient (Wildman–Crippen LogP) is 10.5. The first kappa shape index (κ1) is 29.3. The minimum Gasteiger partial charge on any atom is -0.456 e. The minimum atomic E-state index is -0.397. The van der Waals surface area contributed by atoms with Crippen molar-refractivity contribution in [3.8, 4) is 11.3 Å². The van der Waals surface area contributed by atoms with Gasteiger partial charge in [-0.3, -0.25) is 14.6 Å². The summed E-state index contributed by atoms with van der Waals surface area (Å²) < 4.78 is 6.35. The fourth-order valence-electron chi connectivity index (χ4n) is 6.25. The van der Waals surface area contributed by atoms with Gasteiger partial charge in [-0.05, 0) is 72.3 Å². The number of benzene rings is 3. The highest BCUT2D eigenvalue weighted by Crippen LogP contribution is 2.52. The number of allylic oxidation sites excluding steroid dienone is 1. The molecule has 0 amide bonds. The first-order valence-corrected chi connectivity index (χ1v) is 15.5. The van der Waals surface area contributed by atoms with Crippen LogP contribution in [0.1, 0.15) is 77.9 Å². The van der Waals surface area contributed by atoms with E-state index in [1.54, 1.807) is 0 Å². The molecule has 5 nitrogen and oxygen atoms in total. The average molecular weight is 634 g/mol. The van der Waals surface area contributed by atoms with E-state index >= 15 is 0 Å². The van der Waals surface area contributed by atoms with Gasteiger partial charge in [0.25, 0.3) is 0 Å². The van der Waals surface area contributed by atoms with E-state index in [2.05, 4.69) is 82.0 Å². The SMILES string of the molecule is CC(C)(C)c1ccc(N(c2ccccc2)c2ccc3c(c2)C(C)(C)c2cc(C=C4C(=O)c5cc(Cl)c(Cl)cc5C4=O)oc2-3)cn1. The van der Waals surface area contributed by atoms with E-state index in [0.717, 1.165) is 45.2 Å². The largest absolute Gasteiger partial charge is 0.456 e. The summed E-state index contributed by atoms with van der Waals surface area (Å²) in [6.07, 6.45) is 3.46. The number of carbonyl (C=O) groups is 2. The number of pyridine rings is 1. The molecule has 0 fully saturated rings. The topological polar surface area (TPSA) is 63.4 Å². The van der Waals surface area contributed by atoms with Gasteiger partial charge >= 0.3 is 0 Å². The quantitative estimate of drug-likeness (QED) is 0.146. The van der Waals surface area contributed by atoms with Crippen molar-refractivity contribution >= 4 is 57.9 Å². The molecule has 224 valence electrons. The number of furan rings is 1. The highest BCUT2D eigenvalue weighted by Gasteiger charge is 2.40. The van der Waals surface area contributed by atoms with Gasteiger partial charge in [0, 0.05) is 50.2 Å². The number of ketones is 2. The van der Waals surface area contributed by atoms with Crippen LogP contribution in [0.3, 0.4) is 0 Å². The van der Waals surface area contributed by atoms with Crippen molar-refractivity contribution in [3.63, 3.8) is 0 Å². The highest BCUT2D eigenvalue weighted by atomic mass is 35.5. The molecule has 7 heteroatoms. The van der Waals surface area contributed by atoms with Gasteiger partial charge in [-0.1, -0.05) is 76.0 Å². The summed E-state index contributed by atoms with van der Waals surface area (Å²) in [5.74, 6) is 0.402. The van der Waals surface area contributed by atoms with Crippen LogP contribution < -0.4 is 4.90 Å². The lowest BCUT2D eigenvalue weighted by Crippen LogP contribution is -2.17. The molecule has 5 aromatic rings. The van der Waals surface area contributed by atoms with E-state index in [1.165, 1.54) is 18.2 Å². The van der Waals surface area contributed by atoms with Crippen LogP contribution in [-0.2, 0) is 10.8 Å². The van der Waals surface area contributed by atoms with Gasteiger partial charge in [-0.15, -0.1) is 0 Å². The van der Waals surface area contributed by atoms with E-state index in [-0.39, 0.29) is 43.7 Å². The second kappa shape index (κ2) is 10.3. The summed E-state index contributed by atoms with van der Waals surface area (Å²) in [7, 11) is 0. The molecule has 0 radical (unpaired) electrons. The van der Waals surface area contributed by atoms with E-state index in [1.807, 2.05) is 30.5 Å². The van der Waals surface area contributed by atoms with Crippen LogP contribution in [0.5, 0.6) is 0 Å². The van der Waals surface area contributed by atoms with Crippen LogP contribution in [0.15, 0.2) is 95.0 Å². The molecule has 0 bridgehead atoms. The number of aromatic nitrogens is 1. The van der Waals surface area contributed by atoms with Gasteiger partial charge in [-0.25, -0.2) is 0 Å². The molecule has 2 heterocycles. The van der Waals surface area contributed by atoms with Gasteiger partial charge in [0.1, 0.15) is 11.5 Å². The number of para-hydroxylation sites is 1. The number of carbonyl (C=O) groups excluding carboxylic acids is 2. The number of halogens is 2. The third-order valence-corrected chi connectivity index (χ3v) is 9.44. The van der Waals surface area contributed by atoms with Gasteiger partial charge in [0.2, 0.25) is 0 Å². The van der Waals surface area contributed by atoms with Crippen molar-refractivity contribution in [2.75, 3.05) is 4.90 Å². The first-order chi connectivity index (χ1) is 21.3. The summed E-state index contributed by atoms with van der Waals surface area (Å²) in [6, 6.07) is 25.7. The van der Waals surface area contributed by atoms with Crippen molar-refractivity contribution in [3.05, 3.63) is 134 Å². The van der Waals surface area contributed by atoms with Crippen LogP contribution in [0.2, 0.25) is 10.0 Å². The normalized spacial score (nSPS) is 14.8. The fourth-order valence-corrected chi connectivity index (χ4v) is 6.58. The molecule has 45 heavy (non-hydrogen) atoms. The summed E-state index contributed by atoms with van der Waals surface area (Å²) in [6.45, 7) is 10.8. The molecule has 0 saturated heterocycles. The van der Waals surface area contributed by atoms with Crippen molar-refractivity contribution in [1.29, 1.82) is 0 Å². The number of hydrogen-bond donors (Lipinski definition) is 0. The van der Waals surface area contributed by atoms with Crippen LogP contribution >= 0.6 is 23.2 Å². The summed E-state index contributed by atoms with van der Waals surface area (Å²) >= 11 is 12.3. The van der Waals surface area contributed by atoms with Crippen molar-refractivity contribution in [2.45, 2.75) is 45.4 Å². The third-order valence-electron chi connectivity index (χ3n) is 8.72. The van der Waals surface area contributed by atoms with Gasteiger partial charge in [0.15, 0.2) is 11.6 Å². The fraction of sp³-hybridized carbons (Fsp3) is 0.184. The molecule has 0 atom stereocenters. The Bertz CT molecular complexity index is 2020. The van der Waals surface area contributed by atoms with Crippen molar-refractivity contribution in [2.24, 2.45) is 0 Å². The van der Waals surface area contributed by atoms with Crippen LogP contribution in [-0.4, -0.2) is 16.6 Å². The Morgan fingerprint density at radius 2 is 1.40 bits per heavy atom. The molecule has 2 aliphatic carbocycles. The van der Waals surface area contributed by atoms with Gasteiger partial charge < -0.3 is 9.32 Å². The monoisotopic (exact) mass is 632 g/mol. The number of nitrogens with zero attached hydrogens (tertiary/aromatic N) is 2. The standard InChI is InChI=1S/C38H30Cl2N2O3/c1-37(2,3)33-14-12-23(20-41-33)42(21-9-7-6-8-10-21)22-11-13-25-29(15-22)38(4,5)30-17-24(45-36(25)30)16-28-34(43)26-18-31(39)32(40)19-27(26)35(28)44/h6-20H,1-5H3. The van der Waals surface area contributed by atoms with Gasteiger partial charge in [0.05, 0.1) is 27.5 Å². The molecular weight excluding hydrogens is 603 g/mol. The lowest BCUT2D eigenvalue weighted by Gasteiger charge is -2.28. The number of anilines is 3. The van der Waals surface area contributed by atoms with E-state index < -0.39 is 5.41 Å². The Hall–Kier alpha value is -4.45. The zero-order valence-corrected chi connectivity index (χ0v) is 27.0. The molecule has 3 aromatic carbocycles. The van der Waals surface area contributed by atoms with Gasteiger partial charge in [-0.2, -0.15) is 0 Å². The molecule has 2 aliphatic rings. The van der Waals surface area contributed by atoms with E-state index in [9.17, 15) is 9.59 Å². The molecule has 7 rings (SSSR count). The second-order valence-electron chi connectivity index (χ2n) is 13.1. The van der Waals surface area contributed by atoms with Crippen LogP contribution in [0.4, 0.5) is 17.1 Å². The number of Topliss-reactive ketones (excluding diaryl/α,β-unsaturated/α-hetero) is 2. The summed E-state index contributed by atoms with van der Waals surface area (Å²) in [5, 5.41) is 0.466. The minimum absolute atomic E-state index is 0.0359. The average Bonchev–Trinajstić information content (AvgIpc) is 3.60. The summed E-state index contributed by atoms with van der Waals surface area (Å²) in [4.78, 5) is 33.3. The molecule has 0 spiro atoms. The lowest BCUT2D eigenvalue weighted by atomic mass is 9.82. The molecule has 0 saturated carbocycles. The maximum Gasteiger partial charge on any atom is 0.197 e. The lowest BCUT2D eigenvalue weighted by molar-refractivity contribution is 0.0990. The van der Waals surface area contributed by atoms with E-state index in [0.29, 0.717) is 5.76 Å². The molecular formula is C38H30Cl2N2O3. The van der Waals surface area contributed by atoms with Crippen LogP contribution in [0.25, 0.3) is 17.4 Å². The Morgan fingerprint density at radius 3 is 2.00 bits per heavy atom. The first-order valence-electron chi connectivity index (χ1n) is 14.8. The zero-order chi connectivity index (χ0) is 31.8. The number of hydrogen-bond acceptors (Lipinski definition) is 5. The smallest absolute Gasteiger partial charge is 0.197 e. The van der Waals surface area contributed by atoms with Crippen molar-refractivity contribution < 1.29 is 14.0 Å². The Kier molecular flexibility index (Phi) is 6.70. The Balaban J connectivity index is 1.28. The van der Waals surface area contributed by atoms with Crippen LogP contribution in [0, 0.1) is 0 Å². The zero-order valence-electron chi connectivity index (χ0n) is 25.5. The van der Waals surface area contributed by atoms with Crippen molar-refractivity contribution in [1.82, 2.24) is 4.98 Å². The Labute approximate surface area is 272 Å². The molecule has 0 aliphatic heterocycles. The second-order valence-corrected chi connectivity index (χ2v) is 13.9. The highest BCUT2D eigenvalue weighted by molar-refractivity contribution is 6.46. The molecule has 2 aromatic heterocycles. The third kappa shape index (κ3) is 4.73. The maximum atomic E-state index is 13.1. The maximum absolute atomic E-state index is 13.1. The molecule has 0 unspecified atom stereocenters. The number of rotatable bonds is 4. The predicted molar refractivity (Wildman–Crippen MR) is 181 cm³/mol. The summed E-state index contributed by atoms with van der Waals surface area (Å²) in [5.41, 5.74) is 7.21. The molecule has 0 N–H and O–H groups in total. The number of fused-ring (bicyclic) bond motifs is 4. The van der Waals surface area contributed by atoms with E-state index in [4.69, 9.17) is 32.6 Å².